The third kappa shape index (κ3) is 4.00. The number of aliphatic hydroxyl groups is 1. The minimum atomic E-state index is -0.372. The van der Waals surface area contributed by atoms with Crippen molar-refractivity contribution in [2.45, 2.75) is 76.2 Å². The molecule has 0 aromatic rings. The Morgan fingerprint density at radius 1 is 1.09 bits per heavy atom. The van der Waals surface area contributed by atoms with E-state index in [0.717, 1.165) is 31.8 Å². The van der Waals surface area contributed by atoms with Crippen LogP contribution in [0.15, 0.2) is 0 Å². The standard InChI is InChI=1S/C17H30N2O3/c1-12-2-4-14(5-3-12)22-15-6-8-19(9-7-15)17(21)16-10-13(20)11-18-16/h12-16,18,20H,2-11H2,1H3. The molecular formula is C17H30N2O3. The highest BCUT2D eigenvalue weighted by Crippen LogP contribution is 2.28. The van der Waals surface area contributed by atoms with Gasteiger partial charge in [-0.3, -0.25) is 4.79 Å². The van der Waals surface area contributed by atoms with Crippen molar-refractivity contribution < 1.29 is 14.6 Å². The molecule has 1 amide bonds. The maximum Gasteiger partial charge on any atom is 0.239 e. The predicted molar refractivity (Wildman–Crippen MR) is 84.5 cm³/mol. The highest BCUT2D eigenvalue weighted by molar-refractivity contribution is 5.82. The number of ether oxygens (including phenoxy) is 1. The lowest BCUT2D eigenvalue weighted by molar-refractivity contribution is -0.137. The molecule has 3 rings (SSSR count). The summed E-state index contributed by atoms with van der Waals surface area (Å²) in [5, 5.41) is 12.6. The summed E-state index contributed by atoms with van der Waals surface area (Å²) >= 11 is 0. The van der Waals surface area contributed by atoms with E-state index < -0.39 is 0 Å². The molecule has 2 N–H and O–H groups in total. The van der Waals surface area contributed by atoms with Crippen LogP contribution in [0.1, 0.15) is 51.9 Å². The molecule has 126 valence electrons. The average Bonchev–Trinajstić information content (AvgIpc) is 2.96. The number of amides is 1. The SMILES string of the molecule is CC1CCC(OC2CCN(C(=O)C3CC(O)CN3)CC2)CC1. The van der Waals surface area contributed by atoms with Crippen molar-refractivity contribution in [3.63, 3.8) is 0 Å². The molecule has 0 spiro atoms. The molecule has 0 aromatic carbocycles. The second-order valence-electron chi connectivity index (χ2n) is 7.39. The number of likely N-dealkylation sites (tertiary alicyclic amines) is 1. The summed E-state index contributed by atoms with van der Waals surface area (Å²) in [6.07, 6.45) is 7.82. The first-order valence-corrected chi connectivity index (χ1v) is 8.97. The summed E-state index contributed by atoms with van der Waals surface area (Å²) in [5.41, 5.74) is 0. The van der Waals surface area contributed by atoms with Crippen LogP contribution >= 0.6 is 0 Å². The third-order valence-corrected chi connectivity index (χ3v) is 5.51. The smallest absolute Gasteiger partial charge is 0.239 e. The lowest BCUT2D eigenvalue weighted by Gasteiger charge is -2.36. The molecule has 0 aromatic heterocycles. The van der Waals surface area contributed by atoms with Crippen LogP contribution in [0, 0.1) is 5.92 Å². The Kier molecular flexibility index (Phi) is 5.37. The van der Waals surface area contributed by atoms with Crippen LogP contribution in [0.4, 0.5) is 0 Å². The molecule has 1 aliphatic carbocycles. The number of nitrogens with one attached hydrogen (secondary N) is 1. The van der Waals surface area contributed by atoms with Gasteiger partial charge in [0.25, 0.3) is 0 Å². The van der Waals surface area contributed by atoms with E-state index in [-0.39, 0.29) is 18.1 Å². The summed E-state index contributed by atoms with van der Waals surface area (Å²) in [5.74, 6) is 1.01. The Balaban J connectivity index is 1.39. The Morgan fingerprint density at radius 3 is 2.32 bits per heavy atom. The number of nitrogens with zero attached hydrogens (tertiary/aromatic N) is 1. The summed E-state index contributed by atoms with van der Waals surface area (Å²) in [6, 6.07) is -0.188. The van der Waals surface area contributed by atoms with Gasteiger partial charge in [0.1, 0.15) is 0 Å². The van der Waals surface area contributed by atoms with Crippen LogP contribution < -0.4 is 5.32 Å². The number of β-amino-alcohol motifs (C(OH)–C–C–N with tert-alkyl or cyclic N) is 1. The fourth-order valence-electron chi connectivity index (χ4n) is 3.98. The number of rotatable bonds is 3. The van der Waals surface area contributed by atoms with Crippen LogP contribution in [0.25, 0.3) is 0 Å². The predicted octanol–water partition coefficient (Wildman–Crippen LogP) is 1.30. The molecule has 2 atom stereocenters. The highest BCUT2D eigenvalue weighted by atomic mass is 16.5. The molecule has 5 heteroatoms. The van der Waals surface area contributed by atoms with Gasteiger partial charge in [-0.05, 0) is 50.9 Å². The van der Waals surface area contributed by atoms with Gasteiger partial charge >= 0.3 is 0 Å². The fourth-order valence-corrected chi connectivity index (χ4v) is 3.98. The number of carbonyl (C=O) groups is 1. The Bertz CT molecular complexity index is 374. The highest BCUT2D eigenvalue weighted by Gasteiger charge is 2.33. The molecule has 2 saturated heterocycles. The van der Waals surface area contributed by atoms with E-state index in [4.69, 9.17) is 4.74 Å². The normalized spacial score (nSPS) is 37.5. The van der Waals surface area contributed by atoms with Crippen molar-refractivity contribution in [2.24, 2.45) is 5.92 Å². The van der Waals surface area contributed by atoms with E-state index in [0.29, 0.717) is 25.2 Å². The van der Waals surface area contributed by atoms with Crippen molar-refractivity contribution >= 4 is 5.91 Å². The van der Waals surface area contributed by atoms with Crippen LogP contribution in [-0.2, 0) is 9.53 Å². The van der Waals surface area contributed by atoms with Gasteiger partial charge in [-0.25, -0.2) is 0 Å². The largest absolute Gasteiger partial charge is 0.392 e. The van der Waals surface area contributed by atoms with Crippen LogP contribution in [0.3, 0.4) is 0 Å². The van der Waals surface area contributed by atoms with Crippen molar-refractivity contribution in [1.29, 1.82) is 0 Å². The van der Waals surface area contributed by atoms with E-state index in [1.165, 1.54) is 25.7 Å². The van der Waals surface area contributed by atoms with Gasteiger partial charge in [-0.15, -0.1) is 0 Å². The molecule has 3 fully saturated rings. The molecule has 2 aliphatic heterocycles. The molecule has 22 heavy (non-hydrogen) atoms. The van der Waals surface area contributed by atoms with E-state index >= 15 is 0 Å². The number of carbonyl (C=O) groups excluding carboxylic acids is 1. The Labute approximate surface area is 133 Å². The first-order valence-electron chi connectivity index (χ1n) is 8.97. The molecule has 5 nitrogen and oxygen atoms in total. The number of piperidine rings is 1. The minimum Gasteiger partial charge on any atom is -0.392 e. The molecule has 2 heterocycles. The topological polar surface area (TPSA) is 61.8 Å². The van der Waals surface area contributed by atoms with Crippen LogP contribution in [0.2, 0.25) is 0 Å². The molecule has 1 saturated carbocycles. The van der Waals surface area contributed by atoms with Crippen LogP contribution in [0.5, 0.6) is 0 Å². The Hall–Kier alpha value is -0.650. The van der Waals surface area contributed by atoms with Crippen LogP contribution in [-0.4, -0.2) is 59.9 Å². The lowest BCUT2D eigenvalue weighted by Crippen LogP contribution is -2.48. The first-order chi connectivity index (χ1) is 10.6. The van der Waals surface area contributed by atoms with Gasteiger partial charge in [0.2, 0.25) is 5.91 Å². The average molecular weight is 310 g/mol. The third-order valence-electron chi connectivity index (χ3n) is 5.51. The van der Waals surface area contributed by atoms with Crippen molar-refractivity contribution in [1.82, 2.24) is 10.2 Å². The molecular weight excluding hydrogens is 280 g/mol. The quantitative estimate of drug-likeness (QED) is 0.825. The molecule has 2 unspecified atom stereocenters. The zero-order valence-corrected chi connectivity index (χ0v) is 13.7. The van der Waals surface area contributed by atoms with Gasteiger partial charge in [-0.2, -0.15) is 0 Å². The zero-order valence-electron chi connectivity index (χ0n) is 13.7. The van der Waals surface area contributed by atoms with Gasteiger partial charge in [-0.1, -0.05) is 6.92 Å². The summed E-state index contributed by atoms with van der Waals surface area (Å²) in [7, 11) is 0. The van der Waals surface area contributed by atoms with Gasteiger partial charge in [0, 0.05) is 19.6 Å². The van der Waals surface area contributed by atoms with Gasteiger partial charge in [0.15, 0.2) is 0 Å². The molecule has 0 radical (unpaired) electrons. The lowest BCUT2D eigenvalue weighted by atomic mass is 9.88. The first kappa shape index (κ1) is 16.2. The van der Waals surface area contributed by atoms with Crippen molar-refractivity contribution in [3.8, 4) is 0 Å². The van der Waals surface area contributed by atoms with E-state index in [1.54, 1.807) is 0 Å². The second kappa shape index (κ2) is 7.28. The zero-order chi connectivity index (χ0) is 15.5. The Morgan fingerprint density at radius 2 is 1.73 bits per heavy atom. The van der Waals surface area contributed by atoms with Gasteiger partial charge < -0.3 is 20.1 Å². The van der Waals surface area contributed by atoms with Crippen molar-refractivity contribution in [2.75, 3.05) is 19.6 Å². The maximum atomic E-state index is 12.4. The number of hydrogen-bond acceptors (Lipinski definition) is 4. The van der Waals surface area contributed by atoms with E-state index in [1.807, 2.05) is 4.90 Å². The second-order valence-corrected chi connectivity index (χ2v) is 7.39. The minimum absolute atomic E-state index is 0.154. The van der Waals surface area contributed by atoms with E-state index in [2.05, 4.69) is 12.2 Å². The maximum absolute atomic E-state index is 12.4. The monoisotopic (exact) mass is 310 g/mol. The number of aliphatic hydroxyl groups excluding tert-OH is 1. The molecule has 0 bridgehead atoms. The molecule has 3 aliphatic rings. The fraction of sp³-hybridized carbons (Fsp3) is 0.941. The summed E-state index contributed by atoms with van der Waals surface area (Å²) in [4.78, 5) is 14.3. The van der Waals surface area contributed by atoms with Gasteiger partial charge in [0.05, 0.1) is 24.4 Å². The summed E-state index contributed by atoms with van der Waals surface area (Å²) in [6.45, 7) is 4.45. The van der Waals surface area contributed by atoms with Crippen molar-refractivity contribution in [3.05, 3.63) is 0 Å². The number of hydrogen-bond donors (Lipinski definition) is 2. The van der Waals surface area contributed by atoms with E-state index in [9.17, 15) is 9.90 Å². The summed E-state index contributed by atoms with van der Waals surface area (Å²) < 4.78 is 6.26.